The van der Waals surface area contributed by atoms with Crippen LogP contribution in [0.15, 0.2) is 48.5 Å². The molecule has 0 aliphatic heterocycles. The summed E-state index contributed by atoms with van der Waals surface area (Å²) in [6.07, 6.45) is -0.394. The van der Waals surface area contributed by atoms with Crippen LogP contribution < -0.4 is 0 Å². The Kier molecular flexibility index (Phi) is 5.09. The largest absolute Gasteiger partial charge is 0.448 e. The topological polar surface area (TPSA) is 49.8 Å². The number of nitrogens with zero attached hydrogens (tertiary/aromatic N) is 1. The summed E-state index contributed by atoms with van der Waals surface area (Å²) < 4.78 is 5.61. The fourth-order valence-corrected chi connectivity index (χ4v) is 3.61. The predicted molar refractivity (Wildman–Crippen MR) is 98.5 cm³/mol. The number of ether oxygens (including phenoxy) is 1. The lowest BCUT2D eigenvalue weighted by Gasteiger charge is -2.29. The Morgan fingerprint density at radius 3 is 2.08 bits per heavy atom. The van der Waals surface area contributed by atoms with Crippen molar-refractivity contribution in [3.8, 4) is 11.1 Å². The molecule has 1 aliphatic rings. The second-order valence-electron chi connectivity index (χ2n) is 6.91. The molecular formula is C21H25NO3. The van der Waals surface area contributed by atoms with Gasteiger partial charge in [-0.25, -0.2) is 4.79 Å². The first-order valence-corrected chi connectivity index (χ1v) is 8.73. The van der Waals surface area contributed by atoms with Gasteiger partial charge < -0.3 is 14.7 Å². The van der Waals surface area contributed by atoms with Gasteiger partial charge in [-0.15, -0.1) is 0 Å². The van der Waals surface area contributed by atoms with E-state index in [0.29, 0.717) is 6.61 Å². The number of rotatable bonds is 5. The highest BCUT2D eigenvalue weighted by Gasteiger charge is 2.30. The minimum absolute atomic E-state index is 0.0522. The molecule has 2 aromatic rings. The molecule has 0 aromatic heterocycles. The minimum Gasteiger partial charge on any atom is -0.448 e. The van der Waals surface area contributed by atoms with Gasteiger partial charge in [0.25, 0.3) is 0 Å². The van der Waals surface area contributed by atoms with E-state index in [0.717, 1.165) is 0 Å². The molecule has 0 fully saturated rings. The van der Waals surface area contributed by atoms with Gasteiger partial charge in [0.15, 0.2) is 0 Å². The number of hydrogen-bond donors (Lipinski definition) is 1. The lowest BCUT2D eigenvalue weighted by Crippen LogP contribution is -2.43. The highest BCUT2D eigenvalue weighted by Crippen LogP contribution is 2.44. The first-order valence-electron chi connectivity index (χ1n) is 8.73. The number of likely N-dealkylation sites (N-methyl/N-ethyl adjacent to an activating group) is 1. The first kappa shape index (κ1) is 17.5. The summed E-state index contributed by atoms with van der Waals surface area (Å²) in [6, 6.07) is 16.3. The van der Waals surface area contributed by atoms with Gasteiger partial charge in [0.2, 0.25) is 0 Å². The highest BCUT2D eigenvalue weighted by molar-refractivity contribution is 5.79. The smallest absolute Gasteiger partial charge is 0.409 e. The van der Waals surface area contributed by atoms with Crippen molar-refractivity contribution in [2.24, 2.45) is 5.92 Å². The van der Waals surface area contributed by atoms with Crippen molar-refractivity contribution in [2.45, 2.75) is 25.8 Å². The maximum absolute atomic E-state index is 12.4. The number of benzene rings is 2. The Bertz CT molecular complexity index is 711. The molecule has 0 bridgehead atoms. The number of aliphatic hydroxyl groups is 1. The highest BCUT2D eigenvalue weighted by atomic mass is 16.6. The average Bonchev–Trinajstić information content (AvgIpc) is 2.94. The van der Waals surface area contributed by atoms with Crippen LogP contribution in [0.1, 0.15) is 30.9 Å². The maximum Gasteiger partial charge on any atom is 0.409 e. The minimum atomic E-state index is -0.394. The lowest BCUT2D eigenvalue weighted by molar-refractivity contribution is 0.0660. The Hall–Kier alpha value is -2.33. The zero-order chi connectivity index (χ0) is 18.0. The molecular weight excluding hydrogens is 314 g/mol. The predicted octanol–water partition coefficient (Wildman–Crippen LogP) is 3.88. The van der Waals surface area contributed by atoms with E-state index >= 15 is 0 Å². The van der Waals surface area contributed by atoms with E-state index in [4.69, 9.17) is 4.74 Å². The van der Waals surface area contributed by atoms with Crippen LogP contribution in [-0.4, -0.2) is 42.4 Å². The number of aliphatic hydroxyl groups excluding tert-OH is 1. The fourth-order valence-electron chi connectivity index (χ4n) is 3.61. The van der Waals surface area contributed by atoms with Crippen molar-refractivity contribution < 1.29 is 14.6 Å². The number of fused-ring (bicyclic) bond motifs is 3. The molecule has 25 heavy (non-hydrogen) atoms. The Morgan fingerprint density at radius 1 is 1.08 bits per heavy atom. The van der Waals surface area contributed by atoms with E-state index in [2.05, 4.69) is 24.3 Å². The summed E-state index contributed by atoms with van der Waals surface area (Å²) in [7, 11) is 1.68. The lowest BCUT2D eigenvalue weighted by atomic mass is 9.98. The third-order valence-electron chi connectivity index (χ3n) is 5.08. The normalized spacial score (nSPS) is 14.1. The second-order valence-corrected chi connectivity index (χ2v) is 6.91. The molecule has 4 nitrogen and oxygen atoms in total. The van der Waals surface area contributed by atoms with E-state index in [1.165, 1.54) is 27.2 Å². The van der Waals surface area contributed by atoms with E-state index in [-0.39, 0.29) is 24.5 Å². The Morgan fingerprint density at radius 2 is 1.60 bits per heavy atom. The molecule has 2 aromatic carbocycles. The standard InChI is InChI=1S/C21H25NO3/c1-14(2)20(12-23)22(3)21(24)25-13-19-17-10-6-4-8-15(17)16-9-5-7-11-18(16)19/h4-11,14,19-20,23H,12-13H2,1-3H3. The molecule has 1 aliphatic carbocycles. The molecule has 0 spiro atoms. The van der Waals surface area contributed by atoms with Crippen molar-refractivity contribution in [3.63, 3.8) is 0 Å². The monoisotopic (exact) mass is 339 g/mol. The van der Waals surface area contributed by atoms with E-state index in [1.807, 2.05) is 38.1 Å². The van der Waals surface area contributed by atoms with Gasteiger partial charge in [-0.05, 0) is 28.2 Å². The summed E-state index contributed by atoms with van der Waals surface area (Å²) in [4.78, 5) is 13.9. The zero-order valence-corrected chi connectivity index (χ0v) is 15.0. The van der Waals surface area contributed by atoms with Crippen LogP contribution in [0.25, 0.3) is 11.1 Å². The summed E-state index contributed by atoms with van der Waals surface area (Å²) in [6.45, 7) is 4.19. The van der Waals surface area contributed by atoms with Crippen LogP contribution in [0.5, 0.6) is 0 Å². The summed E-state index contributed by atoms with van der Waals surface area (Å²) in [5.41, 5.74) is 4.81. The van der Waals surface area contributed by atoms with Crippen LogP contribution in [-0.2, 0) is 4.74 Å². The third kappa shape index (κ3) is 3.27. The quantitative estimate of drug-likeness (QED) is 0.899. The summed E-state index contributed by atoms with van der Waals surface area (Å²) in [5, 5.41) is 9.51. The van der Waals surface area contributed by atoms with Crippen molar-refractivity contribution >= 4 is 6.09 Å². The van der Waals surface area contributed by atoms with E-state index in [9.17, 15) is 9.90 Å². The maximum atomic E-state index is 12.4. The number of carbonyl (C=O) groups excluding carboxylic acids is 1. The summed E-state index contributed by atoms with van der Waals surface area (Å²) >= 11 is 0. The van der Waals surface area contributed by atoms with Gasteiger partial charge in [-0.2, -0.15) is 0 Å². The van der Waals surface area contributed by atoms with Gasteiger partial charge in [-0.3, -0.25) is 0 Å². The number of carbonyl (C=O) groups is 1. The van der Waals surface area contributed by atoms with E-state index in [1.54, 1.807) is 7.05 Å². The number of amides is 1. The molecule has 132 valence electrons. The van der Waals surface area contributed by atoms with Gasteiger partial charge in [0.05, 0.1) is 12.6 Å². The second kappa shape index (κ2) is 7.28. The molecule has 1 unspecified atom stereocenters. The van der Waals surface area contributed by atoms with Crippen molar-refractivity contribution in [3.05, 3.63) is 59.7 Å². The Balaban J connectivity index is 1.76. The van der Waals surface area contributed by atoms with Crippen LogP contribution in [0.3, 0.4) is 0 Å². The van der Waals surface area contributed by atoms with Crippen LogP contribution in [0, 0.1) is 5.92 Å². The van der Waals surface area contributed by atoms with Crippen LogP contribution in [0.4, 0.5) is 4.79 Å². The van der Waals surface area contributed by atoms with Crippen molar-refractivity contribution in [2.75, 3.05) is 20.3 Å². The molecule has 1 atom stereocenters. The van der Waals surface area contributed by atoms with Crippen LogP contribution in [0.2, 0.25) is 0 Å². The molecule has 0 saturated heterocycles. The summed E-state index contributed by atoms with van der Waals surface area (Å²) in [5.74, 6) is 0.215. The molecule has 0 saturated carbocycles. The molecule has 0 radical (unpaired) electrons. The van der Waals surface area contributed by atoms with E-state index < -0.39 is 6.09 Å². The number of hydrogen-bond acceptors (Lipinski definition) is 3. The van der Waals surface area contributed by atoms with Gasteiger partial charge in [0, 0.05) is 13.0 Å². The third-order valence-corrected chi connectivity index (χ3v) is 5.08. The molecule has 4 heteroatoms. The van der Waals surface area contributed by atoms with Crippen molar-refractivity contribution in [1.29, 1.82) is 0 Å². The van der Waals surface area contributed by atoms with Gasteiger partial charge >= 0.3 is 6.09 Å². The van der Waals surface area contributed by atoms with Crippen LogP contribution >= 0.6 is 0 Å². The SMILES string of the molecule is CC(C)C(CO)N(C)C(=O)OCC1c2ccccc2-c2ccccc21. The van der Waals surface area contributed by atoms with Gasteiger partial charge in [-0.1, -0.05) is 62.4 Å². The van der Waals surface area contributed by atoms with Crippen molar-refractivity contribution in [1.82, 2.24) is 4.90 Å². The average molecular weight is 339 g/mol. The van der Waals surface area contributed by atoms with Gasteiger partial charge in [0.1, 0.15) is 6.61 Å². The fraction of sp³-hybridized carbons (Fsp3) is 0.381. The first-order chi connectivity index (χ1) is 12.0. The molecule has 1 amide bonds. The molecule has 3 rings (SSSR count). The zero-order valence-electron chi connectivity index (χ0n) is 15.0. The molecule has 0 heterocycles. The Labute approximate surface area is 149 Å². The molecule has 1 N–H and O–H groups in total.